The Morgan fingerprint density at radius 2 is 1.47 bits per heavy atom. The molecule has 0 unspecified atom stereocenters. The third-order valence-corrected chi connectivity index (χ3v) is 1.92. The van der Waals surface area contributed by atoms with Crippen LogP contribution in [-0.2, 0) is 23.9 Å². The van der Waals surface area contributed by atoms with E-state index in [4.69, 9.17) is 5.11 Å². The van der Waals surface area contributed by atoms with Crippen molar-refractivity contribution in [2.45, 2.75) is 20.1 Å². The van der Waals surface area contributed by atoms with Gasteiger partial charge in [0.25, 0.3) is 6.29 Å². The van der Waals surface area contributed by atoms with Crippen LogP contribution in [0.3, 0.4) is 0 Å². The van der Waals surface area contributed by atoms with Crippen molar-refractivity contribution in [2.75, 3.05) is 0 Å². The summed E-state index contributed by atoms with van der Waals surface area (Å²) >= 11 is 0. The molecule has 0 heterocycles. The van der Waals surface area contributed by atoms with Crippen LogP contribution in [0.25, 0.3) is 0 Å². The minimum atomic E-state index is -1.59. The smallest absolute Gasteiger partial charge is 0.333 e. The lowest BCUT2D eigenvalue weighted by Crippen LogP contribution is -2.42. The topological polar surface area (TPSA) is 89.9 Å². The number of rotatable bonds is 6. The minimum Gasteiger partial charge on any atom is -0.481 e. The number of esters is 2. The van der Waals surface area contributed by atoms with E-state index in [0.29, 0.717) is 0 Å². The molecule has 0 aliphatic rings. The molecule has 0 aromatic heterocycles. The average Bonchev–Trinajstić information content (AvgIpc) is 2.27. The molecule has 0 aromatic rings. The summed E-state index contributed by atoms with van der Waals surface area (Å²) in [5, 5.41) is 8.95. The van der Waals surface area contributed by atoms with Crippen molar-refractivity contribution in [1.29, 1.82) is 0 Å². The summed E-state index contributed by atoms with van der Waals surface area (Å²) in [6.45, 7) is 8.83. The van der Waals surface area contributed by atoms with Crippen molar-refractivity contribution >= 4 is 17.9 Å². The standard InChI is InChI=1S/C11H14O6/c1-5-7(12)16-10(17-8(13)6-2)11(3,4)9(14)15/h5-6,10H,1-2H2,3-4H3,(H,14,15). The van der Waals surface area contributed by atoms with Crippen LogP contribution < -0.4 is 0 Å². The van der Waals surface area contributed by atoms with Crippen LogP contribution in [0, 0.1) is 5.41 Å². The number of carbonyl (C=O) groups is 3. The molecule has 0 aliphatic carbocycles. The van der Waals surface area contributed by atoms with Crippen molar-refractivity contribution in [3.8, 4) is 0 Å². The Morgan fingerprint density at radius 3 is 1.71 bits per heavy atom. The fraction of sp³-hybridized carbons (Fsp3) is 0.364. The highest BCUT2D eigenvalue weighted by molar-refractivity contribution is 5.84. The second-order valence-electron chi connectivity index (χ2n) is 3.64. The fourth-order valence-corrected chi connectivity index (χ4v) is 0.727. The van der Waals surface area contributed by atoms with Crippen LogP contribution in [0.4, 0.5) is 0 Å². The lowest BCUT2D eigenvalue weighted by molar-refractivity contribution is -0.208. The van der Waals surface area contributed by atoms with Crippen molar-refractivity contribution < 1.29 is 29.0 Å². The van der Waals surface area contributed by atoms with Crippen LogP contribution in [0.2, 0.25) is 0 Å². The number of carboxylic acid groups (broad SMARTS) is 1. The van der Waals surface area contributed by atoms with E-state index in [1.165, 1.54) is 13.8 Å². The van der Waals surface area contributed by atoms with Crippen molar-refractivity contribution in [2.24, 2.45) is 5.41 Å². The number of hydrogen-bond donors (Lipinski definition) is 1. The molecule has 0 aliphatic heterocycles. The van der Waals surface area contributed by atoms with Crippen LogP contribution >= 0.6 is 0 Å². The first-order chi connectivity index (χ1) is 7.75. The van der Waals surface area contributed by atoms with Gasteiger partial charge in [-0.2, -0.15) is 0 Å². The Hall–Kier alpha value is -2.11. The zero-order chi connectivity index (χ0) is 13.6. The van der Waals surface area contributed by atoms with Gasteiger partial charge in [0.15, 0.2) is 0 Å². The Kier molecular flexibility index (Phi) is 5.11. The predicted molar refractivity (Wildman–Crippen MR) is 57.8 cm³/mol. The molecule has 0 fully saturated rings. The molecule has 0 spiro atoms. The minimum absolute atomic E-state index is 0.840. The summed E-state index contributed by atoms with van der Waals surface area (Å²) in [7, 11) is 0. The number of carbonyl (C=O) groups excluding carboxylic acids is 2. The van der Waals surface area contributed by atoms with Gasteiger partial charge in [-0.15, -0.1) is 0 Å². The van der Waals surface area contributed by atoms with Crippen LogP contribution in [0.1, 0.15) is 13.8 Å². The molecule has 6 heteroatoms. The quantitative estimate of drug-likeness (QED) is 0.422. The molecule has 1 N–H and O–H groups in total. The molecule has 0 bridgehead atoms. The van der Waals surface area contributed by atoms with Crippen molar-refractivity contribution in [3.63, 3.8) is 0 Å². The highest BCUT2D eigenvalue weighted by Crippen LogP contribution is 2.25. The van der Waals surface area contributed by atoms with Gasteiger partial charge in [-0.25, -0.2) is 9.59 Å². The molecule has 0 amide bonds. The summed E-state index contributed by atoms with van der Waals surface area (Å²) in [4.78, 5) is 33.0. The summed E-state index contributed by atoms with van der Waals surface area (Å²) in [5.41, 5.74) is -1.59. The lowest BCUT2D eigenvalue weighted by atomic mass is 9.93. The molecule has 0 rings (SSSR count). The third kappa shape index (κ3) is 4.10. The molecule has 0 radical (unpaired) electrons. The zero-order valence-corrected chi connectivity index (χ0v) is 9.63. The van der Waals surface area contributed by atoms with Gasteiger partial charge in [0.2, 0.25) is 0 Å². The highest BCUT2D eigenvalue weighted by atomic mass is 16.7. The molecular formula is C11H14O6. The van der Waals surface area contributed by atoms with E-state index in [2.05, 4.69) is 22.6 Å². The maximum Gasteiger partial charge on any atom is 0.333 e. The van der Waals surface area contributed by atoms with E-state index in [-0.39, 0.29) is 0 Å². The van der Waals surface area contributed by atoms with Gasteiger partial charge in [-0.1, -0.05) is 13.2 Å². The summed E-state index contributed by atoms with van der Waals surface area (Å²) in [5.74, 6) is -3.06. The van der Waals surface area contributed by atoms with Crippen LogP contribution in [-0.4, -0.2) is 29.3 Å². The Bertz CT molecular complexity index is 333. The fourth-order valence-electron chi connectivity index (χ4n) is 0.727. The SMILES string of the molecule is C=CC(=O)OC(OC(=O)C=C)C(C)(C)C(=O)O. The van der Waals surface area contributed by atoms with Gasteiger partial charge in [-0.05, 0) is 13.8 Å². The van der Waals surface area contributed by atoms with E-state index in [9.17, 15) is 14.4 Å². The molecule has 0 atom stereocenters. The average molecular weight is 242 g/mol. The van der Waals surface area contributed by atoms with Crippen molar-refractivity contribution in [1.82, 2.24) is 0 Å². The molecule has 94 valence electrons. The molecule has 6 nitrogen and oxygen atoms in total. The second-order valence-corrected chi connectivity index (χ2v) is 3.64. The maximum atomic E-state index is 11.0. The second kappa shape index (κ2) is 5.83. The lowest BCUT2D eigenvalue weighted by Gasteiger charge is -2.28. The van der Waals surface area contributed by atoms with Crippen LogP contribution in [0.5, 0.6) is 0 Å². The Labute approximate surface area is 98.5 Å². The normalized spacial score (nSPS) is 10.5. The van der Waals surface area contributed by atoms with Gasteiger partial charge in [-0.3, -0.25) is 4.79 Å². The van der Waals surface area contributed by atoms with Gasteiger partial charge in [0, 0.05) is 12.2 Å². The Balaban J connectivity index is 5.02. The van der Waals surface area contributed by atoms with Gasteiger partial charge in [0.1, 0.15) is 5.41 Å². The van der Waals surface area contributed by atoms with E-state index >= 15 is 0 Å². The monoisotopic (exact) mass is 242 g/mol. The summed E-state index contributed by atoms with van der Waals surface area (Å²) < 4.78 is 9.34. The number of carboxylic acids is 1. The molecule has 0 aromatic carbocycles. The first-order valence-electron chi connectivity index (χ1n) is 4.65. The van der Waals surface area contributed by atoms with E-state index < -0.39 is 29.6 Å². The van der Waals surface area contributed by atoms with E-state index in [1.54, 1.807) is 0 Å². The predicted octanol–water partition coefficient (Wildman–Crippen LogP) is 0.882. The summed E-state index contributed by atoms with van der Waals surface area (Å²) in [6, 6.07) is 0. The van der Waals surface area contributed by atoms with Gasteiger partial charge < -0.3 is 14.6 Å². The first-order valence-corrected chi connectivity index (χ1v) is 4.65. The highest BCUT2D eigenvalue weighted by Gasteiger charge is 2.42. The number of aliphatic carboxylic acids is 1. The number of hydrogen-bond acceptors (Lipinski definition) is 5. The van der Waals surface area contributed by atoms with Crippen molar-refractivity contribution in [3.05, 3.63) is 25.3 Å². The van der Waals surface area contributed by atoms with E-state index in [0.717, 1.165) is 12.2 Å². The molecule has 17 heavy (non-hydrogen) atoms. The van der Waals surface area contributed by atoms with Crippen LogP contribution in [0.15, 0.2) is 25.3 Å². The first kappa shape index (κ1) is 14.9. The zero-order valence-electron chi connectivity index (χ0n) is 9.63. The van der Waals surface area contributed by atoms with E-state index in [1.807, 2.05) is 0 Å². The molecule has 0 saturated carbocycles. The molecule has 0 saturated heterocycles. The third-order valence-electron chi connectivity index (χ3n) is 1.92. The largest absolute Gasteiger partial charge is 0.481 e. The van der Waals surface area contributed by atoms with Gasteiger partial charge in [0.05, 0.1) is 0 Å². The molecular weight excluding hydrogens is 228 g/mol. The summed E-state index contributed by atoms with van der Waals surface area (Å²) in [6.07, 6.45) is 0.121. The maximum absolute atomic E-state index is 11.0. The van der Waals surface area contributed by atoms with Gasteiger partial charge >= 0.3 is 17.9 Å². The number of ether oxygens (including phenoxy) is 2. The Morgan fingerprint density at radius 1 is 1.12 bits per heavy atom.